The Hall–Kier alpha value is -1.80. The normalized spacial score (nSPS) is 12.2. The summed E-state index contributed by atoms with van der Waals surface area (Å²) in [4.78, 5) is 0. The third kappa shape index (κ3) is 2.54. The average molecular weight is 242 g/mol. The Morgan fingerprint density at radius 2 is 1.72 bits per heavy atom. The molecule has 0 fully saturated rings. The number of methoxy groups -OCH3 is 1. The highest BCUT2D eigenvalue weighted by molar-refractivity contribution is 5.40. The van der Waals surface area contributed by atoms with Crippen LogP contribution in [0.5, 0.6) is 5.75 Å². The van der Waals surface area contributed by atoms with Gasteiger partial charge in [-0.05, 0) is 23.6 Å². The summed E-state index contributed by atoms with van der Waals surface area (Å²) >= 11 is 0. The molecule has 1 atom stereocenters. The molecule has 0 saturated heterocycles. The first kappa shape index (κ1) is 12.7. The summed E-state index contributed by atoms with van der Waals surface area (Å²) in [7, 11) is 1.62. The zero-order valence-electron chi connectivity index (χ0n) is 10.8. The quantitative estimate of drug-likeness (QED) is 0.891. The van der Waals surface area contributed by atoms with Gasteiger partial charge < -0.3 is 9.84 Å². The number of benzene rings is 2. The van der Waals surface area contributed by atoms with Crippen molar-refractivity contribution in [3.05, 3.63) is 65.2 Å². The Morgan fingerprint density at radius 1 is 1.06 bits per heavy atom. The number of rotatable bonds is 4. The van der Waals surface area contributed by atoms with Gasteiger partial charge in [-0.15, -0.1) is 0 Å². The van der Waals surface area contributed by atoms with E-state index >= 15 is 0 Å². The van der Waals surface area contributed by atoms with E-state index in [1.165, 1.54) is 5.56 Å². The highest BCUT2D eigenvalue weighted by atomic mass is 16.5. The van der Waals surface area contributed by atoms with Crippen LogP contribution in [0, 0.1) is 0 Å². The maximum absolute atomic E-state index is 10.4. The van der Waals surface area contributed by atoms with Crippen molar-refractivity contribution in [2.45, 2.75) is 19.4 Å². The van der Waals surface area contributed by atoms with Gasteiger partial charge in [-0.1, -0.05) is 49.4 Å². The molecule has 0 aliphatic rings. The van der Waals surface area contributed by atoms with Gasteiger partial charge in [-0.3, -0.25) is 0 Å². The number of aryl methyl sites for hydroxylation is 1. The van der Waals surface area contributed by atoms with Crippen LogP contribution in [-0.4, -0.2) is 12.2 Å². The Balaban J connectivity index is 2.31. The Kier molecular flexibility index (Phi) is 4.00. The molecule has 1 unspecified atom stereocenters. The second-order valence-electron chi connectivity index (χ2n) is 4.24. The van der Waals surface area contributed by atoms with E-state index < -0.39 is 6.10 Å². The molecular weight excluding hydrogens is 224 g/mol. The molecule has 0 heterocycles. The van der Waals surface area contributed by atoms with Gasteiger partial charge in [0.05, 0.1) is 7.11 Å². The predicted molar refractivity (Wildman–Crippen MR) is 72.9 cm³/mol. The molecule has 2 heteroatoms. The second-order valence-corrected chi connectivity index (χ2v) is 4.24. The molecular formula is C16H18O2. The fourth-order valence-corrected chi connectivity index (χ4v) is 2.01. The first-order chi connectivity index (χ1) is 8.76. The summed E-state index contributed by atoms with van der Waals surface area (Å²) in [6.07, 6.45) is 0.359. The highest BCUT2D eigenvalue weighted by Gasteiger charge is 2.14. The molecule has 0 bridgehead atoms. The van der Waals surface area contributed by atoms with Crippen molar-refractivity contribution in [2.24, 2.45) is 0 Å². The van der Waals surface area contributed by atoms with Crippen LogP contribution in [-0.2, 0) is 6.42 Å². The van der Waals surface area contributed by atoms with Crippen LogP contribution in [0.25, 0.3) is 0 Å². The molecule has 0 spiro atoms. The third-order valence-corrected chi connectivity index (χ3v) is 3.14. The number of hydrogen-bond donors (Lipinski definition) is 1. The van der Waals surface area contributed by atoms with Gasteiger partial charge in [-0.25, -0.2) is 0 Å². The average Bonchev–Trinajstić information content (AvgIpc) is 2.46. The first-order valence-corrected chi connectivity index (χ1v) is 6.16. The summed E-state index contributed by atoms with van der Waals surface area (Å²) in [5.41, 5.74) is 2.95. The molecule has 0 radical (unpaired) electrons. The van der Waals surface area contributed by atoms with Gasteiger partial charge >= 0.3 is 0 Å². The maximum Gasteiger partial charge on any atom is 0.125 e. The fraction of sp³-hybridized carbons (Fsp3) is 0.250. The fourth-order valence-electron chi connectivity index (χ4n) is 2.01. The van der Waals surface area contributed by atoms with Gasteiger partial charge in [0, 0.05) is 5.56 Å². The Morgan fingerprint density at radius 3 is 2.33 bits per heavy atom. The summed E-state index contributed by atoms with van der Waals surface area (Å²) < 4.78 is 5.27. The van der Waals surface area contributed by atoms with E-state index in [0.29, 0.717) is 5.75 Å². The summed E-state index contributed by atoms with van der Waals surface area (Å²) in [6, 6.07) is 15.6. The maximum atomic E-state index is 10.4. The highest BCUT2D eigenvalue weighted by Crippen LogP contribution is 2.29. The summed E-state index contributed by atoms with van der Waals surface area (Å²) in [6.45, 7) is 2.12. The minimum Gasteiger partial charge on any atom is -0.496 e. The molecule has 18 heavy (non-hydrogen) atoms. The van der Waals surface area contributed by atoms with E-state index in [2.05, 4.69) is 6.92 Å². The monoisotopic (exact) mass is 242 g/mol. The lowest BCUT2D eigenvalue weighted by Crippen LogP contribution is -2.02. The van der Waals surface area contributed by atoms with Crippen molar-refractivity contribution in [3.8, 4) is 5.75 Å². The zero-order chi connectivity index (χ0) is 13.0. The minimum absolute atomic E-state index is 0.646. The molecule has 0 saturated carbocycles. The Bertz CT molecular complexity index is 503. The number of hydrogen-bond acceptors (Lipinski definition) is 2. The molecule has 0 aromatic heterocycles. The summed E-state index contributed by atoms with van der Waals surface area (Å²) in [5, 5.41) is 10.4. The van der Waals surface area contributed by atoms with Gasteiger partial charge in [0.15, 0.2) is 0 Å². The van der Waals surface area contributed by atoms with Crippen LogP contribution in [0.1, 0.15) is 29.7 Å². The van der Waals surface area contributed by atoms with Crippen LogP contribution in [0.4, 0.5) is 0 Å². The van der Waals surface area contributed by atoms with E-state index in [4.69, 9.17) is 4.74 Å². The van der Waals surface area contributed by atoms with Crippen LogP contribution >= 0.6 is 0 Å². The largest absolute Gasteiger partial charge is 0.496 e. The first-order valence-electron chi connectivity index (χ1n) is 6.16. The van der Waals surface area contributed by atoms with Crippen LogP contribution < -0.4 is 4.74 Å². The molecule has 94 valence electrons. The number of para-hydroxylation sites is 1. The molecule has 2 aromatic carbocycles. The number of ether oxygens (including phenoxy) is 1. The van der Waals surface area contributed by atoms with Crippen molar-refractivity contribution in [1.82, 2.24) is 0 Å². The van der Waals surface area contributed by atoms with Crippen molar-refractivity contribution >= 4 is 0 Å². The van der Waals surface area contributed by atoms with Crippen LogP contribution in [0.3, 0.4) is 0 Å². The second kappa shape index (κ2) is 5.69. The molecule has 1 N–H and O–H groups in total. The van der Waals surface area contributed by atoms with Gasteiger partial charge in [0.1, 0.15) is 11.9 Å². The topological polar surface area (TPSA) is 29.5 Å². The van der Waals surface area contributed by atoms with E-state index in [-0.39, 0.29) is 0 Å². The van der Waals surface area contributed by atoms with E-state index in [1.807, 2.05) is 48.5 Å². The van der Waals surface area contributed by atoms with Gasteiger partial charge in [-0.2, -0.15) is 0 Å². The lowest BCUT2D eigenvalue weighted by Gasteiger charge is -2.15. The van der Waals surface area contributed by atoms with Crippen molar-refractivity contribution < 1.29 is 9.84 Å². The van der Waals surface area contributed by atoms with Crippen molar-refractivity contribution in [3.63, 3.8) is 0 Å². The van der Waals surface area contributed by atoms with E-state index in [9.17, 15) is 5.11 Å². The van der Waals surface area contributed by atoms with Crippen LogP contribution in [0.2, 0.25) is 0 Å². The van der Waals surface area contributed by atoms with Crippen molar-refractivity contribution in [2.75, 3.05) is 7.11 Å². The molecule has 0 aliphatic carbocycles. The SMILES string of the molecule is CCc1ccc(C(O)c2ccccc2OC)cc1. The standard InChI is InChI=1S/C16H18O2/c1-3-12-8-10-13(11-9-12)16(17)14-6-4-5-7-15(14)18-2/h4-11,16-17H,3H2,1-2H3. The zero-order valence-corrected chi connectivity index (χ0v) is 10.8. The molecule has 2 nitrogen and oxygen atoms in total. The molecule has 0 aliphatic heterocycles. The minimum atomic E-state index is -0.646. The van der Waals surface area contributed by atoms with Gasteiger partial charge in [0.25, 0.3) is 0 Å². The smallest absolute Gasteiger partial charge is 0.125 e. The van der Waals surface area contributed by atoms with Crippen LogP contribution in [0.15, 0.2) is 48.5 Å². The molecule has 2 aromatic rings. The molecule has 2 rings (SSSR count). The van der Waals surface area contributed by atoms with E-state index in [1.54, 1.807) is 7.11 Å². The lowest BCUT2D eigenvalue weighted by atomic mass is 9.99. The Labute approximate surface area is 108 Å². The van der Waals surface area contributed by atoms with Gasteiger partial charge in [0.2, 0.25) is 0 Å². The number of aliphatic hydroxyl groups excluding tert-OH is 1. The van der Waals surface area contributed by atoms with Crippen molar-refractivity contribution in [1.29, 1.82) is 0 Å². The number of aliphatic hydroxyl groups is 1. The third-order valence-electron chi connectivity index (χ3n) is 3.14. The lowest BCUT2D eigenvalue weighted by molar-refractivity contribution is 0.214. The molecule has 0 amide bonds. The predicted octanol–water partition coefficient (Wildman–Crippen LogP) is 3.34. The summed E-state index contributed by atoms with van der Waals surface area (Å²) in [5.74, 6) is 0.713. The van der Waals surface area contributed by atoms with E-state index in [0.717, 1.165) is 17.5 Å².